The maximum Gasteiger partial charge on any atom is 0.279 e. The van der Waals surface area contributed by atoms with Crippen LogP contribution < -0.4 is 20.3 Å². The molecule has 2 amide bonds. The van der Waals surface area contributed by atoms with Crippen LogP contribution in [0.5, 0.6) is 11.5 Å². The van der Waals surface area contributed by atoms with Crippen LogP contribution in [0.3, 0.4) is 0 Å². The van der Waals surface area contributed by atoms with Crippen molar-refractivity contribution < 1.29 is 19.1 Å². The van der Waals surface area contributed by atoms with Crippen molar-refractivity contribution in [3.8, 4) is 11.5 Å². The van der Waals surface area contributed by atoms with Gasteiger partial charge in [0, 0.05) is 0 Å². The van der Waals surface area contributed by atoms with Gasteiger partial charge in [0.1, 0.15) is 11.5 Å². The zero-order chi connectivity index (χ0) is 19.8. The molecule has 6 heteroatoms. The summed E-state index contributed by atoms with van der Waals surface area (Å²) in [6.07, 6.45) is -0.235. The van der Waals surface area contributed by atoms with Gasteiger partial charge < -0.3 is 9.47 Å². The number of amides is 2. The van der Waals surface area contributed by atoms with Gasteiger partial charge in [-0.1, -0.05) is 42.8 Å². The van der Waals surface area contributed by atoms with Crippen LogP contribution in [0.15, 0.2) is 42.5 Å². The van der Waals surface area contributed by atoms with E-state index in [4.69, 9.17) is 9.47 Å². The lowest BCUT2D eigenvalue weighted by atomic mass is 10.1. The Bertz CT molecular complexity index is 767. The van der Waals surface area contributed by atoms with Crippen LogP contribution in [0.1, 0.15) is 30.0 Å². The lowest BCUT2D eigenvalue weighted by molar-refractivity contribution is -0.134. The molecule has 0 aliphatic rings. The Balaban J connectivity index is 1.82. The lowest BCUT2D eigenvalue weighted by Crippen LogP contribution is -2.49. The Labute approximate surface area is 159 Å². The summed E-state index contributed by atoms with van der Waals surface area (Å²) in [6.45, 7) is 7.45. The zero-order valence-electron chi connectivity index (χ0n) is 16.2. The maximum absolute atomic E-state index is 12.2. The van der Waals surface area contributed by atoms with Crippen LogP contribution in [-0.4, -0.2) is 24.5 Å². The highest BCUT2D eigenvalue weighted by molar-refractivity contribution is 5.85. The normalized spacial score (nSPS) is 11.4. The Kier molecular flexibility index (Phi) is 7.23. The summed E-state index contributed by atoms with van der Waals surface area (Å²) in [4.78, 5) is 24.2. The minimum absolute atomic E-state index is 0.193. The highest BCUT2D eigenvalue weighted by atomic mass is 16.5. The second-order valence-corrected chi connectivity index (χ2v) is 6.37. The summed E-state index contributed by atoms with van der Waals surface area (Å²) in [5, 5.41) is 0. The number of nitrogens with one attached hydrogen (secondary N) is 2. The van der Waals surface area contributed by atoms with Crippen LogP contribution in [0.2, 0.25) is 0 Å². The SMILES string of the molecule is CCC(Oc1ccc(C)cc1)C(=O)NNC(=O)COc1c(C)cccc1C. The number of hydrogen-bond donors (Lipinski definition) is 2. The summed E-state index contributed by atoms with van der Waals surface area (Å²) >= 11 is 0. The molecule has 27 heavy (non-hydrogen) atoms. The quantitative estimate of drug-likeness (QED) is 0.735. The number of hydrogen-bond acceptors (Lipinski definition) is 4. The van der Waals surface area contributed by atoms with Gasteiger partial charge in [-0.25, -0.2) is 0 Å². The van der Waals surface area contributed by atoms with Gasteiger partial charge in [-0.15, -0.1) is 0 Å². The van der Waals surface area contributed by atoms with Crippen LogP contribution in [0.25, 0.3) is 0 Å². The number of rotatable bonds is 7. The van der Waals surface area contributed by atoms with E-state index in [0.29, 0.717) is 17.9 Å². The van der Waals surface area contributed by atoms with Crippen molar-refractivity contribution >= 4 is 11.8 Å². The molecule has 2 rings (SSSR count). The van der Waals surface area contributed by atoms with E-state index in [-0.39, 0.29) is 6.61 Å². The number of carbonyl (C=O) groups is 2. The minimum Gasteiger partial charge on any atom is -0.483 e. The molecule has 1 atom stereocenters. The number of ether oxygens (including phenoxy) is 2. The molecule has 0 heterocycles. The van der Waals surface area contributed by atoms with E-state index in [9.17, 15) is 9.59 Å². The highest BCUT2D eigenvalue weighted by Gasteiger charge is 2.19. The first kappa shape index (κ1) is 20.3. The van der Waals surface area contributed by atoms with Crippen molar-refractivity contribution in [2.75, 3.05) is 6.61 Å². The van der Waals surface area contributed by atoms with Crippen molar-refractivity contribution in [1.82, 2.24) is 10.9 Å². The summed E-state index contributed by atoms with van der Waals surface area (Å²) in [5.41, 5.74) is 7.75. The molecule has 0 aliphatic carbocycles. The first-order valence-electron chi connectivity index (χ1n) is 8.91. The summed E-state index contributed by atoms with van der Waals surface area (Å²) in [6, 6.07) is 13.2. The maximum atomic E-state index is 12.2. The second-order valence-electron chi connectivity index (χ2n) is 6.37. The van der Waals surface area contributed by atoms with Gasteiger partial charge in [-0.05, 0) is 50.5 Å². The van der Waals surface area contributed by atoms with Crippen LogP contribution >= 0.6 is 0 Å². The van der Waals surface area contributed by atoms with Crippen molar-refractivity contribution in [2.45, 2.75) is 40.2 Å². The zero-order valence-corrected chi connectivity index (χ0v) is 16.2. The molecule has 144 valence electrons. The minimum atomic E-state index is -0.701. The molecule has 0 spiro atoms. The van der Waals surface area contributed by atoms with Crippen molar-refractivity contribution in [2.24, 2.45) is 0 Å². The van der Waals surface area contributed by atoms with Gasteiger partial charge in [0.2, 0.25) is 0 Å². The Morgan fingerprint density at radius 1 is 0.963 bits per heavy atom. The molecule has 6 nitrogen and oxygen atoms in total. The monoisotopic (exact) mass is 370 g/mol. The first-order chi connectivity index (χ1) is 12.9. The average Bonchev–Trinajstić information content (AvgIpc) is 2.65. The van der Waals surface area contributed by atoms with Gasteiger partial charge in [0.15, 0.2) is 12.7 Å². The number of benzene rings is 2. The van der Waals surface area contributed by atoms with E-state index in [0.717, 1.165) is 16.7 Å². The third-order valence-electron chi connectivity index (χ3n) is 4.04. The van der Waals surface area contributed by atoms with Crippen LogP contribution in [0.4, 0.5) is 0 Å². The van der Waals surface area contributed by atoms with Crippen molar-refractivity contribution in [3.63, 3.8) is 0 Å². The Morgan fingerprint density at radius 2 is 1.59 bits per heavy atom. The number of para-hydroxylation sites is 1. The van der Waals surface area contributed by atoms with Gasteiger partial charge >= 0.3 is 0 Å². The number of carbonyl (C=O) groups excluding carboxylic acids is 2. The summed E-state index contributed by atoms with van der Waals surface area (Å²) in [5.74, 6) is 0.412. The molecular weight excluding hydrogens is 344 g/mol. The highest BCUT2D eigenvalue weighted by Crippen LogP contribution is 2.22. The van der Waals surface area contributed by atoms with Crippen LogP contribution in [-0.2, 0) is 9.59 Å². The Hall–Kier alpha value is -3.02. The number of aryl methyl sites for hydroxylation is 3. The van der Waals surface area contributed by atoms with E-state index in [1.165, 1.54) is 0 Å². The average molecular weight is 370 g/mol. The smallest absolute Gasteiger partial charge is 0.279 e. The molecule has 0 saturated heterocycles. The predicted octanol–water partition coefficient (Wildman–Crippen LogP) is 3.00. The number of hydrazine groups is 1. The second kappa shape index (κ2) is 9.62. The molecule has 0 bridgehead atoms. The fourth-order valence-electron chi connectivity index (χ4n) is 2.52. The molecule has 2 aromatic rings. The van der Waals surface area contributed by atoms with E-state index < -0.39 is 17.9 Å². The molecule has 0 fully saturated rings. The van der Waals surface area contributed by atoms with Gasteiger partial charge in [-0.2, -0.15) is 0 Å². The molecule has 0 radical (unpaired) electrons. The van der Waals surface area contributed by atoms with E-state index in [2.05, 4.69) is 10.9 Å². The van der Waals surface area contributed by atoms with Crippen molar-refractivity contribution in [3.05, 3.63) is 59.2 Å². The summed E-state index contributed by atoms with van der Waals surface area (Å²) in [7, 11) is 0. The summed E-state index contributed by atoms with van der Waals surface area (Å²) < 4.78 is 11.2. The molecular formula is C21H26N2O4. The lowest BCUT2D eigenvalue weighted by Gasteiger charge is -2.18. The van der Waals surface area contributed by atoms with E-state index >= 15 is 0 Å². The van der Waals surface area contributed by atoms with E-state index in [1.807, 2.05) is 70.2 Å². The third kappa shape index (κ3) is 6.02. The van der Waals surface area contributed by atoms with Gasteiger partial charge in [0.25, 0.3) is 11.8 Å². The molecule has 2 N–H and O–H groups in total. The Morgan fingerprint density at radius 3 is 2.19 bits per heavy atom. The molecule has 0 aliphatic heterocycles. The molecule has 2 aromatic carbocycles. The third-order valence-corrected chi connectivity index (χ3v) is 4.04. The molecule has 0 saturated carbocycles. The fraction of sp³-hybridized carbons (Fsp3) is 0.333. The van der Waals surface area contributed by atoms with Gasteiger partial charge in [0.05, 0.1) is 0 Å². The molecule has 1 unspecified atom stereocenters. The largest absolute Gasteiger partial charge is 0.483 e. The molecule has 0 aromatic heterocycles. The first-order valence-corrected chi connectivity index (χ1v) is 8.91. The van der Waals surface area contributed by atoms with E-state index in [1.54, 1.807) is 0 Å². The fourth-order valence-corrected chi connectivity index (χ4v) is 2.52. The standard InChI is InChI=1S/C21H26N2O4/c1-5-18(27-17-11-9-14(2)10-12-17)21(25)23-22-19(24)13-26-20-15(3)7-6-8-16(20)4/h6-12,18H,5,13H2,1-4H3,(H,22,24)(H,23,25). The van der Waals surface area contributed by atoms with Gasteiger partial charge in [-0.3, -0.25) is 20.4 Å². The van der Waals surface area contributed by atoms with Crippen LogP contribution in [0, 0.1) is 20.8 Å². The van der Waals surface area contributed by atoms with Crippen molar-refractivity contribution in [1.29, 1.82) is 0 Å². The predicted molar refractivity (Wildman–Crippen MR) is 104 cm³/mol. The topological polar surface area (TPSA) is 76.7 Å².